The second kappa shape index (κ2) is 10.7. The van der Waals surface area contributed by atoms with E-state index in [1.807, 2.05) is 61.5 Å². The van der Waals surface area contributed by atoms with Crippen LogP contribution in [0, 0.1) is 6.92 Å². The lowest BCUT2D eigenvalue weighted by Crippen LogP contribution is -2.12. The smallest absolute Gasteiger partial charge is 0.261 e. The molecule has 0 bridgehead atoms. The highest BCUT2D eigenvalue weighted by Crippen LogP contribution is 2.25. The van der Waals surface area contributed by atoms with Crippen LogP contribution in [0.5, 0.6) is 0 Å². The first-order valence-corrected chi connectivity index (χ1v) is 12.5. The van der Waals surface area contributed by atoms with E-state index in [1.54, 1.807) is 54.6 Å². The van der Waals surface area contributed by atoms with Crippen molar-refractivity contribution in [1.29, 1.82) is 0 Å². The summed E-state index contributed by atoms with van der Waals surface area (Å²) in [6, 6.07) is 30.6. The summed E-state index contributed by atoms with van der Waals surface area (Å²) < 4.78 is 27.7. The molecule has 1 amide bonds. The predicted molar refractivity (Wildman–Crippen MR) is 142 cm³/mol. The maximum Gasteiger partial charge on any atom is 0.261 e. The van der Waals surface area contributed by atoms with E-state index in [0.717, 1.165) is 22.5 Å². The van der Waals surface area contributed by atoms with Gasteiger partial charge >= 0.3 is 0 Å². The number of hydrogen-bond acceptors (Lipinski definition) is 4. The summed E-state index contributed by atoms with van der Waals surface area (Å²) in [4.78, 5) is 12.7. The molecule has 4 aromatic carbocycles. The van der Waals surface area contributed by atoms with Crippen LogP contribution in [-0.2, 0) is 14.8 Å². The second-order valence-electron chi connectivity index (χ2n) is 7.90. The van der Waals surface area contributed by atoms with Gasteiger partial charge in [-0.2, -0.15) is 0 Å². The summed E-state index contributed by atoms with van der Waals surface area (Å²) in [5.74, 6) is -0.281. The number of amides is 1. The van der Waals surface area contributed by atoms with Crippen LogP contribution in [0.25, 0.3) is 6.08 Å². The Balaban J connectivity index is 1.38. The SMILES string of the molecule is Cc1ccc(S(=O)(=O)Nc2ccc(C=CC(=O)Nc3ccccc3Nc3ccccc3)cc2)cc1. The largest absolute Gasteiger partial charge is 0.354 e. The summed E-state index contributed by atoms with van der Waals surface area (Å²) in [5, 5.41) is 6.18. The van der Waals surface area contributed by atoms with Crippen LogP contribution < -0.4 is 15.4 Å². The van der Waals surface area contributed by atoms with E-state index in [4.69, 9.17) is 0 Å². The van der Waals surface area contributed by atoms with Crippen molar-refractivity contribution in [2.75, 3.05) is 15.4 Å². The third-order valence-electron chi connectivity index (χ3n) is 5.16. The van der Waals surface area contributed by atoms with E-state index in [9.17, 15) is 13.2 Å². The summed E-state index contributed by atoms with van der Waals surface area (Å²) in [5.41, 5.74) is 4.54. The maximum atomic E-state index is 12.5. The third kappa shape index (κ3) is 6.59. The van der Waals surface area contributed by atoms with Gasteiger partial charge < -0.3 is 10.6 Å². The molecule has 3 N–H and O–H groups in total. The minimum atomic E-state index is -3.67. The van der Waals surface area contributed by atoms with E-state index in [0.29, 0.717) is 11.4 Å². The molecule has 0 atom stereocenters. The molecule has 0 heterocycles. The fourth-order valence-corrected chi connectivity index (χ4v) is 4.38. The number of hydrogen-bond donors (Lipinski definition) is 3. The lowest BCUT2D eigenvalue weighted by Gasteiger charge is -2.12. The monoisotopic (exact) mass is 483 g/mol. The highest BCUT2D eigenvalue weighted by molar-refractivity contribution is 7.92. The molecule has 0 radical (unpaired) electrons. The Hall–Kier alpha value is -4.36. The molecule has 7 heteroatoms. The molecule has 0 spiro atoms. The van der Waals surface area contributed by atoms with E-state index in [1.165, 1.54) is 6.08 Å². The van der Waals surface area contributed by atoms with Gasteiger partial charge in [-0.3, -0.25) is 9.52 Å². The Morgan fingerprint density at radius 1 is 0.714 bits per heavy atom. The van der Waals surface area contributed by atoms with Gasteiger partial charge in [0, 0.05) is 17.5 Å². The summed E-state index contributed by atoms with van der Waals surface area (Å²) in [6.07, 6.45) is 3.10. The fourth-order valence-electron chi connectivity index (χ4n) is 3.32. The van der Waals surface area contributed by atoms with Crippen molar-refractivity contribution in [2.24, 2.45) is 0 Å². The normalized spacial score (nSPS) is 11.2. The molecule has 6 nitrogen and oxygen atoms in total. The van der Waals surface area contributed by atoms with Crippen LogP contribution in [-0.4, -0.2) is 14.3 Å². The molecule has 0 fully saturated rings. The Labute approximate surface area is 205 Å². The summed E-state index contributed by atoms with van der Waals surface area (Å²) in [6.45, 7) is 1.90. The van der Waals surface area contributed by atoms with Crippen molar-refractivity contribution < 1.29 is 13.2 Å². The van der Waals surface area contributed by atoms with Gasteiger partial charge in [0.05, 0.1) is 16.3 Å². The van der Waals surface area contributed by atoms with Crippen molar-refractivity contribution >= 4 is 44.8 Å². The van der Waals surface area contributed by atoms with Crippen LogP contribution in [0.1, 0.15) is 11.1 Å². The standard InChI is InChI=1S/C28H25N3O3S/c1-21-11-18-25(19-12-21)35(33,34)31-24-16-13-22(14-17-24)15-20-28(32)30-27-10-6-5-9-26(27)29-23-7-3-2-4-8-23/h2-20,29,31H,1H3,(H,30,32). The summed E-state index contributed by atoms with van der Waals surface area (Å²) in [7, 11) is -3.67. The summed E-state index contributed by atoms with van der Waals surface area (Å²) >= 11 is 0. The quantitative estimate of drug-likeness (QED) is 0.261. The zero-order valence-electron chi connectivity index (χ0n) is 19.1. The fraction of sp³-hybridized carbons (Fsp3) is 0.0357. The second-order valence-corrected chi connectivity index (χ2v) is 9.58. The molecule has 0 aliphatic heterocycles. The van der Waals surface area contributed by atoms with Crippen molar-refractivity contribution in [2.45, 2.75) is 11.8 Å². The van der Waals surface area contributed by atoms with Crippen LogP contribution in [0.4, 0.5) is 22.7 Å². The lowest BCUT2D eigenvalue weighted by molar-refractivity contribution is -0.111. The van der Waals surface area contributed by atoms with Crippen molar-refractivity contribution in [3.8, 4) is 0 Å². The predicted octanol–water partition coefficient (Wildman–Crippen LogP) is 6.19. The lowest BCUT2D eigenvalue weighted by atomic mass is 10.2. The third-order valence-corrected chi connectivity index (χ3v) is 6.56. The minimum absolute atomic E-state index is 0.200. The van der Waals surface area contributed by atoms with Crippen molar-refractivity contribution in [3.05, 3.63) is 120 Å². The topological polar surface area (TPSA) is 87.3 Å². The van der Waals surface area contributed by atoms with Gasteiger partial charge in [-0.25, -0.2) is 8.42 Å². The van der Waals surface area contributed by atoms with E-state index in [-0.39, 0.29) is 10.8 Å². The van der Waals surface area contributed by atoms with E-state index in [2.05, 4.69) is 15.4 Å². The van der Waals surface area contributed by atoms with Gasteiger partial charge in [0.15, 0.2) is 0 Å². The molecular formula is C28H25N3O3S. The number of carbonyl (C=O) groups excluding carboxylic acids is 1. The molecule has 4 aromatic rings. The number of sulfonamides is 1. The van der Waals surface area contributed by atoms with E-state index < -0.39 is 10.0 Å². The van der Waals surface area contributed by atoms with Crippen LogP contribution in [0.2, 0.25) is 0 Å². The number of anilines is 4. The number of carbonyl (C=O) groups is 1. The van der Waals surface area contributed by atoms with Gasteiger partial charge in [-0.15, -0.1) is 0 Å². The van der Waals surface area contributed by atoms with Crippen molar-refractivity contribution in [3.63, 3.8) is 0 Å². The average molecular weight is 484 g/mol. The molecule has 0 aliphatic carbocycles. The molecule has 176 valence electrons. The number of benzene rings is 4. The molecule has 0 saturated carbocycles. The number of rotatable bonds is 8. The molecule has 0 unspecified atom stereocenters. The number of nitrogens with one attached hydrogen (secondary N) is 3. The highest BCUT2D eigenvalue weighted by atomic mass is 32.2. The number of para-hydroxylation sites is 3. The zero-order valence-corrected chi connectivity index (χ0v) is 19.9. The number of aryl methyl sites for hydroxylation is 1. The Kier molecular flexibility index (Phi) is 7.28. The molecule has 4 rings (SSSR count). The molecule has 35 heavy (non-hydrogen) atoms. The Bertz CT molecular complexity index is 1430. The maximum absolute atomic E-state index is 12.5. The first-order chi connectivity index (χ1) is 16.9. The first-order valence-electron chi connectivity index (χ1n) is 11.0. The van der Waals surface area contributed by atoms with Gasteiger partial charge in [0.25, 0.3) is 10.0 Å². The van der Waals surface area contributed by atoms with Crippen molar-refractivity contribution in [1.82, 2.24) is 0 Å². The molecule has 0 aromatic heterocycles. The first kappa shape index (κ1) is 23.8. The molecule has 0 saturated heterocycles. The highest BCUT2D eigenvalue weighted by Gasteiger charge is 2.13. The van der Waals surface area contributed by atoms with Gasteiger partial charge in [-0.1, -0.05) is 60.2 Å². The van der Waals surface area contributed by atoms with Gasteiger partial charge in [0.1, 0.15) is 0 Å². The molecule has 0 aliphatic rings. The van der Waals surface area contributed by atoms with Crippen LogP contribution in [0.3, 0.4) is 0 Å². The Morgan fingerprint density at radius 2 is 1.34 bits per heavy atom. The zero-order chi connectivity index (χ0) is 24.7. The minimum Gasteiger partial charge on any atom is -0.354 e. The molecular weight excluding hydrogens is 458 g/mol. The van der Waals surface area contributed by atoms with Gasteiger partial charge in [0.2, 0.25) is 5.91 Å². The van der Waals surface area contributed by atoms with Crippen LogP contribution >= 0.6 is 0 Å². The average Bonchev–Trinajstić information content (AvgIpc) is 2.85. The Morgan fingerprint density at radius 3 is 2.03 bits per heavy atom. The van der Waals surface area contributed by atoms with Crippen LogP contribution in [0.15, 0.2) is 114 Å². The van der Waals surface area contributed by atoms with Gasteiger partial charge in [-0.05, 0) is 67.1 Å². The van der Waals surface area contributed by atoms with E-state index >= 15 is 0 Å².